The van der Waals surface area contributed by atoms with Gasteiger partial charge in [-0.3, -0.25) is 10.1 Å². The summed E-state index contributed by atoms with van der Waals surface area (Å²) in [6.07, 6.45) is 0. The Kier molecular flexibility index (Phi) is 3.61. The van der Waals surface area contributed by atoms with Gasteiger partial charge in [0.2, 0.25) is 0 Å². The molecule has 0 aliphatic rings. The molecule has 2 N–H and O–H groups in total. The molecule has 78 valence electrons. The molecule has 0 aromatic carbocycles. The molecule has 6 heteroatoms. The standard InChI is InChI=1S/C8H12N2O4/c1-6(5-11)9-4-7-2-3-8(14-7)10(12)13/h2-3,6,9,11H,4-5H2,1H3/t6-/m0/s1. The zero-order valence-electron chi connectivity index (χ0n) is 7.77. The molecule has 0 radical (unpaired) electrons. The van der Waals surface area contributed by atoms with Crippen molar-refractivity contribution in [3.05, 3.63) is 28.0 Å². The van der Waals surface area contributed by atoms with Crippen molar-refractivity contribution in [3.63, 3.8) is 0 Å². The molecule has 6 nitrogen and oxygen atoms in total. The third-order valence-electron chi connectivity index (χ3n) is 1.73. The molecule has 0 amide bonds. The first-order valence-electron chi connectivity index (χ1n) is 4.21. The molecule has 1 aromatic rings. The smallest absolute Gasteiger partial charge is 0.404 e. The molecule has 1 heterocycles. The predicted octanol–water partition coefficient (Wildman–Crippen LogP) is 0.658. The summed E-state index contributed by atoms with van der Waals surface area (Å²) in [4.78, 5) is 9.68. The number of nitrogens with one attached hydrogen (secondary N) is 1. The fourth-order valence-corrected chi connectivity index (χ4v) is 0.899. The second kappa shape index (κ2) is 4.73. The molecule has 0 saturated heterocycles. The van der Waals surface area contributed by atoms with E-state index in [-0.39, 0.29) is 18.5 Å². The maximum absolute atomic E-state index is 10.3. The minimum absolute atomic E-state index is 0.0167. The molecule has 0 bridgehead atoms. The SMILES string of the molecule is C[C@@H](CO)NCc1ccc([N+](=O)[O-])o1. The molecule has 0 saturated carbocycles. The van der Waals surface area contributed by atoms with Gasteiger partial charge in [-0.15, -0.1) is 0 Å². The maximum Gasteiger partial charge on any atom is 0.433 e. The highest BCUT2D eigenvalue weighted by atomic mass is 16.6. The Morgan fingerprint density at radius 2 is 2.43 bits per heavy atom. The summed E-state index contributed by atoms with van der Waals surface area (Å²) in [6, 6.07) is 2.79. The van der Waals surface area contributed by atoms with Gasteiger partial charge in [-0.05, 0) is 13.0 Å². The van der Waals surface area contributed by atoms with E-state index in [1.807, 2.05) is 0 Å². The highest BCUT2D eigenvalue weighted by molar-refractivity contribution is 5.17. The van der Waals surface area contributed by atoms with Crippen molar-refractivity contribution in [1.29, 1.82) is 0 Å². The topological polar surface area (TPSA) is 88.5 Å². The lowest BCUT2D eigenvalue weighted by Gasteiger charge is -2.07. The predicted molar refractivity (Wildman–Crippen MR) is 48.7 cm³/mol. The van der Waals surface area contributed by atoms with Gasteiger partial charge in [-0.25, -0.2) is 0 Å². The number of furan rings is 1. The summed E-state index contributed by atoms with van der Waals surface area (Å²) in [5.41, 5.74) is 0. The Bertz CT molecular complexity index is 310. The summed E-state index contributed by atoms with van der Waals surface area (Å²) in [6.45, 7) is 2.19. The molecule has 0 unspecified atom stereocenters. The molecule has 0 aliphatic carbocycles. The summed E-state index contributed by atoms with van der Waals surface area (Å²) >= 11 is 0. The molecule has 1 aromatic heterocycles. The summed E-state index contributed by atoms with van der Waals surface area (Å²) in [7, 11) is 0. The number of aliphatic hydroxyl groups is 1. The number of rotatable bonds is 5. The fourth-order valence-electron chi connectivity index (χ4n) is 0.899. The van der Waals surface area contributed by atoms with Gasteiger partial charge in [0.05, 0.1) is 19.2 Å². The Balaban J connectivity index is 2.48. The van der Waals surface area contributed by atoms with Gasteiger partial charge in [0.25, 0.3) is 0 Å². The van der Waals surface area contributed by atoms with Crippen LogP contribution < -0.4 is 5.32 Å². The summed E-state index contributed by atoms with van der Waals surface area (Å²) < 4.78 is 4.90. The van der Waals surface area contributed by atoms with Crippen LogP contribution in [0.25, 0.3) is 0 Å². The van der Waals surface area contributed by atoms with Crippen LogP contribution in [0.5, 0.6) is 0 Å². The quantitative estimate of drug-likeness (QED) is 0.538. The van der Waals surface area contributed by atoms with Crippen LogP contribution in [-0.2, 0) is 6.54 Å². The Labute approximate surface area is 80.7 Å². The van der Waals surface area contributed by atoms with E-state index in [4.69, 9.17) is 9.52 Å². The molecule has 14 heavy (non-hydrogen) atoms. The Hall–Kier alpha value is -1.40. The molecule has 1 rings (SSSR count). The second-order valence-corrected chi connectivity index (χ2v) is 2.96. The number of nitrogens with zero attached hydrogens (tertiary/aromatic N) is 1. The maximum atomic E-state index is 10.3. The van der Waals surface area contributed by atoms with Crippen LogP contribution in [0.4, 0.5) is 5.88 Å². The van der Waals surface area contributed by atoms with Gasteiger partial charge < -0.3 is 14.8 Å². The normalized spacial score (nSPS) is 12.7. The summed E-state index contributed by atoms with van der Waals surface area (Å²) in [5.74, 6) is 0.218. The van der Waals surface area contributed by atoms with Crippen molar-refractivity contribution in [2.24, 2.45) is 0 Å². The zero-order chi connectivity index (χ0) is 10.6. The van der Waals surface area contributed by atoms with Gasteiger partial charge in [0.15, 0.2) is 0 Å². The van der Waals surface area contributed by atoms with Crippen LogP contribution in [0.3, 0.4) is 0 Å². The number of aliphatic hydroxyl groups excluding tert-OH is 1. The van der Waals surface area contributed by atoms with E-state index in [0.29, 0.717) is 12.3 Å². The fraction of sp³-hybridized carbons (Fsp3) is 0.500. The second-order valence-electron chi connectivity index (χ2n) is 2.96. The third kappa shape index (κ3) is 2.82. The molecule has 0 aliphatic heterocycles. The van der Waals surface area contributed by atoms with E-state index >= 15 is 0 Å². The minimum atomic E-state index is -0.584. The van der Waals surface area contributed by atoms with E-state index in [0.717, 1.165) is 0 Å². The first-order chi connectivity index (χ1) is 6.63. The minimum Gasteiger partial charge on any atom is -0.404 e. The van der Waals surface area contributed by atoms with Gasteiger partial charge in [0.1, 0.15) is 10.7 Å². The van der Waals surface area contributed by atoms with Crippen LogP contribution in [0.1, 0.15) is 12.7 Å². The van der Waals surface area contributed by atoms with Crippen molar-refractivity contribution in [3.8, 4) is 0 Å². The molecule has 0 spiro atoms. The van der Waals surface area contributed by atoms with Crippen molar-refractivity contribution in [2.45, 2.75) is 19.5 Å². The van der Waals surface area contributed by atoms with E-state index < -0.39 is 4.92 Å². The van der Waals surface area contributed by atoms with Crippen molar-refractivity contribution >= 4 is 5.88 Å². The average Bonchev–Trinajstić information content (AvgIpc) is 2.62. The first kappa shape index (κ1) is 10.7. The number of hydrogen-bond donors (Lipinski definition) is 2. The number of hydrogen-bond acceptors (Lipinski definition) is 5. The monoisotopic (exact) mass is 200 g/mol. The van der Waals surface area contributed by atoms with Crippen molar-refractivity contribution in [1.82, 2.24) is 5.32 Å². The summed E-state index contributed by atoms with van der Waals surface area (Å²) in [5, 5.41) is 21.9. The average molecular weight is 200 g/mol. The van der Waals surface area contributed by atoms with E-state index in [1.54, 1.807) is 6.92 Å². The van der Waals surface area contributed by atoms with Crippen LogP contribution in [0.15, 0.2) is 16.5 Å². The Morgan fingerprint density at radius 3 is 2.93 bits per heavy atom. The lowest BCUT2D eigenvalue weighted by atomic mass is 10.3. The van der Waals surface area contributed by atoms with Gasteiger partial charge >= 0.3 is 5.88 Å². The van der Waals surface area contributed by atoms with Crippen LogP contribution >= 0.6 is 0 Å². The molecular formula is C8H12N2O4. The van der Waals surface area contributed by atoms with Crippen LogP contribution in [0, 0.1) is 10.1 Å². The lowest BCUT2D eigenvalue weighted by Crippen LogP contribution is -2.28. The molecular weight excluding hydrogens is 188 g/mol. The lowest BCUT2D eigenvalue weighted by molar-refractivity contribution is -0.402. The first-order valence-corrected chi connectivity index (χ1v) is 4.21. The van der Waals surface area contributed by atoms with Gasteiger partial charge in [-0.2, -0.15) is 0 Å². The largest absolute Gasteiger partial charge is 0.433 e. The van der Waals surface area contributed by atoms with Crippen LogP contribution in [0.2, 0.25) is 0 Å². The number of nitro groups is 1. The highest BCUT2D eigenvalue weighted by Gasteiger charge is 2.11. The third-order valence-corrected chi connectivity index (χ3v) is 1.73. The Morgan fingerprint density at radius 1 is 1.71 bits per heavy atom. The highest BCUT2D eigenvalue weighted by Crippen LogP contribution is 2.15. The van der Waals surface area contributed by atoms with Gasteiger partial charge in [-0.1, -0.05) is 0 Å². The van der Waals surface area contributed by atoms with Crippen molar-refractivity contribution < 1.29 is 14.4 Å². The van der Waals surface area contributed by atoms with E-state index in [2.05, 4.69) is 5.32 Å². The van der Waals surface area contributed by atoms with E-state index in [9.17, 15) is 10.1 Å². The molecule has 0 fully saturated rings. The van der Waals surface area contributed by atoms with E-state index in [1.165, 1.54) is 12.1 Å². The van der Waals surface area contributed by atoms with Crippen molar-refractivity contribution in [2.75, 3.05) is 6.61 Å². The zero-order valence-corrected chi connectivity index (χ0v) is 7.77. The molecule has 1 atom stereocenters. The van der Waals surface area contributed by atoms with Crippen LogP contribution in [-0.4, -0.2) is 22.7 Å². The van der Waals surface area contributed by atoms with Gasteiger partial charge in [0, 0.05) is 6.04 Å².